The summed E-state index contributed by atoms with van der Waals surface area (Å²) in [5.41, 5.74) is 0. The van der Waals surface area contributed by atoms with E-state index in [9.17, 15) is 4.39 Å². The minimum Gasteiger partial charge on any atom is -0.346 e. The van der Waals surface area contributed by atoms with Crippen molar-refractivity contribution in [2.24, 2.45) is 5.92 Å². The smallest absolute Gasteiger partial charge is 0.208 e. The van der Waals surface area contributed by atoms with Gasteiger partial charge in [0, 0.05) is 24.9 Å². The van der Waals surface area contributed by atoms with Crippen LogP contribution in [0.1, 0.15) is 24.8 Å². The minimum atomic E-state index is -0.216. The maximum atomic E-state index is 12.2. The second-order valence-electron chi connectivity index (χ2n) is 4.00. The lowest BCUT2D eigenvalue weighted by molar-refractivity contribution is 0.306. The van der Waals surface area contributed by atoms with Gasteiger partial charge in [-0.2, -0.15) is 0 Å². The summed E-state index contributed by atoms with van der Waals surface area (Å²) in [6, 6.07) is 0. The molecule has 0 atom stereocenters. The fourth-order valence-corrected chi connectivity index (χ4v) is 2.28. The normalized spacial score (nSPS) is 17.6. The molecule has 1 fully saturated rings. The minimum absolute atomic E-state index is 0.210. The first-order chi connectivity index (χ1) is 6.70. The molecule has 0 unspecified atom stereocenters. The van der Waals surface area contributed by atoms with Gasteiger partial charge in [-0.25, -0.2) is 0 Å². The van der Waals surface area contributed by atoms with Crippen LogP contribution in [0, 0.1) is 5.92 Å². The number of aromatic nitrogens is 2. The lowest BCUT2D eigenvalue weighted by atomic mass is 10.0. The molecule has 1 aliphatic rings. The van der Waals surface area contributed by atoms with Gasteiger partial charge in [0.1, 0.15) is 5.01 Å². The Balaban J connectivity index is 1.98. The Hall–Kier alpha value is -0.710. The summed E-state index contributed by atoms with van der Waals surface area (Å²) >= 11 is 1.62. The molecule has 0 aromatic carbocycles. The first-order valence-electron chi connectivity index (χ1n) is 4.85. The summed E-state index contributed by atoms with van der Waals surface area (Å²) < 4.78 is 12.2. The van der Waals surface area contributed by atoms with Gasteiger partial charge in [0.05, 0.1) is 6.67 Å². The quantitative estimate of drug-likeness (QED) is 0.773. The van der Waals surface area contributed by atoms with Gasteiger partial charge < -0.3 is 4.90 Å². The van der Waals surface area contributed by atoms with E-state index in [2.05, 4.69) is 28.9 Å². The van der Waals surface area contributed by atoms with Crippen molar-refractivity contribution in [3.05, 3.63) is 5.01 Å². The molecule has 0 saturated carbocycles. The standard InChI is InChI=1S/C9H14FN3S/c1-6(2)8-11-12-9(14-8)13-4-7(3-10)5-13/h6-7H,3-5H2,1-2H3. The third-order valence-electron chi connectivity index (χ3n) is 2.37. The van der Waals surface area contributed by atoms with Crippen LogP contribution in [0.2, 0.25) is 0 Å². The highest BCUT2D eigenvalue weighted by molar-refractivity contribution is 7.15. The van der Waals surface area contributed by atoms with Gasteiger partial charge in [0.2, 0.25) is 5.13 Å². The predicted octanol–water partition coefficient (Wildman–Crippen LogP) is 2.07. The largest absolute Gasteiger partial charge is 0.346 e. The Kier molecular flexibility index (Phi) is 2.67. The maximum absolute atomic E-state index is 12.2. The zero-order chi connectivity index (χ0) is 10.1. The van der Waals surface area contributed by atoms with E-state index in [-0.39, 0.29) is 12.6 Å². The summed E-state index contributed by atoms with van der Waals surface area (Å²) in [6.07, 6.45) is 0. The molecule has 1 saturated heterocycles. The van der Waals surface area contributed by atoms with Crippen molar-refractivity contribution < 1.29 is 4.39 Å². The molecule has 0 spiro atoms. The van der Waals surface area contributed by atoms with E-state index in [0.717, 1.165) is 23.2 Å². The molecule has 0 bridgehead atoms. The van der Waals surface area contributed by atoms with E-state index < -0.39 is 0 Å². The van der Waals surface area contributed by atoms with E-state index in [1.807, 2.05) is 0 Å². The molecule has 2 rings (SSSR count). The Morgan fingerprint density at radius 1 is 1.50 bits per heavy atom. The average molecular weight is 215 g/mol. The topological polar surface area (TPSA) is 29.0 Å². The van der Waals surface area contributed by atoms with Crippen LogP contribution in [0.25, 0.3) is 0 Å². The monoisotopic (exact) mass is 215 g/mol. The highest BCUT2D eigenvalue weighted by Crippen LogP contribution is 2.30. The van der Waals surface area contributed by atoms with Crippen molar-refractivity contribution in [3.63, 3.8) is 0 Å². The molecule has 1 aromatic heterocycles. The summed E-state index contributed by atoms with van der Waals surface area (Å²) in [7, 11) is 0. The highest BCUT2D eigenvalue weighted by Gasteiger charge is 2.29. The molecule has 1 aliphatic heterocycles. The Morgan fingerprint density at radius 2 is 2.21 bits per heavy atom. The molecule has 0 radical (unpaired) electrons. The van der Waals surface area contributed by atoms with Crippen LogP contribution in [0.4, 0.5) is 9.52 Å². The SMILES string of the molecule is CC(C)c1nnc(N2CC(CF)C2)s1. The van der Waals surface area contributed by atoms with Crippen LogP contribution in [0.15, 0.2) is 0 Å². The first kappa shape index (κ1) is 9.83. The Bertz CT molecular complexity index is 307. The summed E-state index contributed by atoms with van der Waals surface area (Å²) in [5.74, 6) is 0.640. The third kappa shape index (κ3) is 1.73. The fourth-order valence-electron chi connectivity index (χ4n) is 1.41. The zero-order valence-corrected chi connectivity index (χ0v) is 9.22. The van der Waals surface area contributed by atoms with E-state index in [4.69, 9.17) is 0 Å². The van der Waals surface area contributed by atoms with E-state index in [0.29, 0.717) is 5.92 Å². The molecule has 0 N–H and O–H groups in total. The second kappa shape index (κ2) is 3.81. The molecule has 14 heavy (non-hydrogen) atoms. The fraction of sp³-hybridized carbons (Fsp3) is 0.778. The lowest BCUT2D eigenvalue weighted by Gasteiger charge is -2.37. The van der Waals surface area contributed by atoms with Crippen molar-refractivity contribution in [2.45, 2.75) is 19.8 Å². The van der Waals surface area contributed by atoms with Gasteiger partial charge in [-0.3, -0.25) is 4.39 Å². The highest BCUT2D eigenvalue weighted by atomic mass is 32.1. The Morgan fingerprint density at radius 3 is 2.71 bits per heavy atom. The summed E-state index contributed by atoms with van der Waals surface area (Å²) in [5, 5.41) is 10.2. The van der Waals surface area contributed by atoms with Gasteiger partial charge in [-0.15, -0.1) is 10.2 Å². The first-order valence-corrected chi connectivity index (χ1v) is 5.66. The molecule has 78 valence electrons. The number of halogens is 1. The van der Waals surface area contributed by atoms with Gasteiger partial charge >= 0.3 is 0 Å². The van der Waals surface area contributed by atoms with E-state index in [1.165, 1.54) is 0 Å². The van der Waals surface area contributed by atoms with Crippen LogP contribution < -0.4 is 4.90 Å². The second-order valence-corrected chi connectivity index (χ2v) is 4.99. The van der Waals surface area contributed by atoms with Gasteiger partial charge in [0.25, 0.3) is 0 Å². The number of anilines is 1. The number of hydrogen-bond acceptors (Lipinski definition) is 4. The van der Waals surface area contributed by atoms with Crippen molar-refractivity contribution in [1.82, 2.24) is 10.2 Å². The average Bonchev–Trinajstić information content (AvgIpc) is 2.51. The molecule has 0 aliphatic carbocycles. The molecule has 0 amide bonds. The van der Waals surface area contributed by atoms with Crippen LogP contribution in [0.5, 0.6) is 0 Å². The van der Waals surface area contributed by atoms with Gasteiger partial charge in [-0.05, 0) is 0 Å². The van der Waals surface area contributed by atoms with Crippen LogP contribution in [-0.2, 0) is 0 Å². The van der Waals surface area contributed by atoms with Gasteiger partial charge in [-0.1, -0.05) is 25.2 Å². The van der Waals surface area contributed by atoms with E-state index >= 15 is 0 Å². The third-order valence-corrected chi connectivity index (χ3v) is 3.65. The van der Waals surface area contributed by atoms with Crippen molar-refractivity contribution >= 4 is 16.5 Å². The number of nitrogens with zero attached hydrogens (tertiary/aromatic N) is 3. The number of hydrogen-bond donors (Lipinski definition) is 0. The maximum Gasteiger partial charge on any atom is 0.208 e. The molecular weight excluding hydrogens is 201 g/mol. The molecule has 3 nitrogen and oxygen atoms in total. The zero-order valence-electron chi connectivity index (χ0n) is 8.40. The number of alkyl halides is 1. The van der Waals surface area contributed by atoms with Crippen molar-refractivity contribution in [3.8, 4) is 0 Å². The predicted molar refractivity (Wildman–Crippen MR) is 55.7 cm³/mol. The van der Waals surface area contributed by atoms with Crippen molar-refractivity contribution in [1.29, 1.82) is 0 Å². The van der Waals surface area contributed by atoms with Gasteiger partial charge in [0.15, 0.2) is 0 Å². The van der Waals surface area contributed by atoms with Crippen LogP contribution in [0.3, 0.4) is 0 Å². The summed E-state index contributed by atoms with van der Waals surface area (Å²) in [4.78, 5) is 2.09. The lowest BCUT2D eigenvalue weighted by Crippen LogP contribution is -2.47. The molecule has 1 aromatic rings. The molecule has 5 heteroatoms. The number of rotatable bonds is 3. The summed E-state index contributed by atoms with van der Waals surface area (Å²) in [6.45, 7) is 5.58. The molecule has 2 heterocycles. The van der Waals surface area contributed by atoms with Crippen LogP contribution in [-0.4, -0.2) is 30.0 Å². The Labute approximate surface area is 87.0 Å². The van der Waals surface area contributed by atoms with E-state index in [1.54, 1.807) is 11.3 Å². The molecular formula is C9H14FN3S. The van der Waals surface area contributed by atoms with Crippen LogP contribution >= 0.6 is 11.3 Å². The van der Waals surface area contributed by atoms with Crippen molar-refractivity contribution in [2.75, 3.05) is 24.7 Å².